The van der Waals surface area contributed by atoms with Gasteiger partial charge in [0.2, 0.25) is 5.75 Å². The maximum Gasteiger partial charge on any atom is 4.00 e. The van der Waals surface area contributed by atoms with Crippen molar-refractivity contribution in [1.82, 2.24) is 4.98 Å². The number of aromatic nitrogens is 1. The Balaban J connectivity index is 0.000000619. The van der Waals surface area contributed by atoms with E-state index in [0.717, 1.165) is 22.3 Å². The Morgan fingerprint density at radius 1 is 0.957 bits per heavy atom. The number of aromatic amines is 1. The molecule has 0 aliphatic carbocycles. The summed E-state index contributed by atoms with van der Waals surface area (Å²) < 4.78 is 16.4. The Labute approximate surface area is 290 Å². The molecule has 1 unspecified atom stereocenters. The van der Waals surface area contributed by atoms with E-state index in [4.69, 9.17) is 50.7 Å². The van der Waals surface area contributed by atoms with Crippen LogP contribution in [0, 0.1) is 12.8 Å². The fraction of sp³-hybridized carbons (Fsp3) is 0.364. The van der Waals surface area contributed by atoms with E-state index in [9.17, 15) is 4.79 Å². The topological polar surface area (TPSA) is 190 Å². The van der Waals surface area contributed by atoms with Gasteiger partial charge < -0.3 is 54.3 Å². The van der Waals surface area contributed by atoms with E-state index in [0.29, 0.717) is 54.0 Å². The Kier molecular flexibility index (Phi) is 17.0. The van der Waals surface area contributed by atoms with Crippen LogP contribution in [-0.2, 0) is 17.4 Å². The molecule has 3 aromatic rings. The Hall–Kier alpha value is -4.15. The molecule has 0 saturated carbocycles. The van der Waals surface area contributed by atoms with Crippen molar-refractivity contribution in [3.05, 3.63) is 59.7 Å². The third-order valence-electron chi connectivity index (χ3n) is 6.49. The molecule has 12 nitrogen and oxygen atoms in total. The second kappa shape index (κ2) is 19.5. The maximum absolute atomic E-state index is 13.6. The van der Waals surface area contributed by atoms with E-state index in [1.54, 1.807) is 32.3 Å². The van der Waals surface area contributed by atoms with E-state index in [-0.39, 0.29) is 52.3 Å². The fourth-order valence-electron chi connectivity index (χ4n) is 4.75. The van der Waals surface area contributed by atoms with Crippen molar-refractivity contribution in [3.63, 3.8) is 0 Å². The van der Waals surface area contributed by atoms with Crippen molar-refractivity contribution in [2.75, 3.05) is 51.7 Å². The van der Waals surface area contributed by atoms with Gasteiger partial charge in [-0.15, -0.1) is 23.8 Å². The molecule has 7 N–H and O–H groups in total. The zero-order valence-corrected chi connectivity index (χ0v) is 29.7. The summed E-state index contributed by atoms with van der Waals surface area (Å²) in [4.78, 5) is 52.1. The number of methoxy groups -OCH3 is 3. The molecule has 0 fully saturated rings. The monoisotopic (exact) mass is 711 g/mol. The number of halogens is 1. The van der Waals surface area contributed by atoms with Gasteiger partial charge in [0.25, 0.3) is 5.91 Å². The summed E-state index contributed by atoms with van der Waals surface area (Å²) >= 11 is 6.22. The predicted molar refractivity (Wildman–Crippen MR) is 186 cm³/mol. The van der Waals surface area contributed by atoms with Crippen LogP contribution in [0.4, 0.5) is 11.4 Å². The number of nitrogens with zero attached hydrogens (tertiary/aromatic N) is 2. The number of benzene rings is 2. The van der Waals surface area contributed by atoms with E-state index in [1.165, 1.54) is 40.5 Å². The number of carbonyl (C=O) groups is 1. The first-order valence-electron chi connectivity index (χ1n) is 14.3. The van der Waals surface area contributed by atoms with Gasteiger partial charge in [0.05, 0.1) is 26.8 Å². The van der Waals surface area contributed by atoms with Crippen LogP contribution >= 0.6 is 11.6 Å². The van der Waals surface area contributed by atoms with Gasteiger partial charge in [0.15, 0.2) is 34.6 Å². The number of rotatable bonds is 12. The minimum Gasteiger partial charge on any atom is -0.683 e. The van der Waals surface area contributed by atoms with Crippen molar-refractivity contribution < 1.29 is 55.5 Å². The number of nitrogens with two attached hydrogens (primary N) is 1. The number of ether oxygens (including phenoxy) is 3. The molecule has 1 aliphatic rings. The molecule has 4 rings (SSSR count). The van der Waals surface area contributed by atoms with Gasteiger partial charge >= 0.3 is 17.4 Å². The Morgan fingerprint density at radius 3 is 1.98 bits per heavy atom. The number of hydrogen-bond acceptors (Lipinski definition) is 5. The first-order valence-corrected chi connectivity index (χ1v) is 14.9. The normalized spacial score (nSPS) is 12.5. The first-order chi connectivity index (χ1) is 21.8. The molecule has 1 aliphatic heterocycles. The average molecular weight is 712 g/mol. The molecule has 14 heteroatoms. The molecule has 2 heterocycles. The van der Waals surface area contributed by atoms with E-state index >= 15 is 0 Å². The fourth-order valence-corrected chi connectivity index (χ4v) is 5.02. The molecule has 2 aromatic carbocycles. The standard InChI is InChI=1S/C23H26ClN4O4.2C5H7O2.Cr/c1-30-19-9-13-8-17(27-20(13)22(32-3)21(19)31-2)23(29)28-12-14(11-24)16-5-4-15(10-18(16)28)26-7-6-25;2*1-4(6)3-5(2)7;/h4-5,8-10,14H,6-7,11-12,25H2,1-3H3,(H,27,29);2*3H,1-2H3;/q3*-1;+4/p+4. The van der Waals surface area contributed by atoms with Crippen molar-refractivity contribution in [1.29, 1.82) is 0 Å². The maximum atomic E-state index is 13.6. The quantitative estimate of drug-likeness (QED) is 0.118. The SMILES string of the molecule is CC(=[OH+])[CH-]C(C)=[OH+].CC(=[OH+])[CH-]C(C)=[OH+].COc1cc2cc(C(=O)N3CC(CCl)c4ccc([N-]CCN)cc43)[nH]c2c(OC)c1OC.[Cr+4]. The van der Waals surface area contributed by atoms with Crippen LogP contribution in [-0.4, -0.2) is 100 Å². The van der Waals surface area contributed by atoms with Gasteiger partial charge in [-0.1, -0.05) is 18.2 Å². The summed E-state index contributed by atoms with van der Waals surface area (Å²) in [7, 11) is 4.65. The molecule has 1 atom stereocenters. The van der Waals surface area contributed by atoms with Crippen LogP contribution < -0.4 is 24.8 Å². The average Bonchev–Trinajstić information content (AvgIpc) is 3.59. The molecule has 1 amide bonds. The summed E-state index contributed by atoms with van der Waals surface area (Å²) in [6.45, 7) is 7.49. The van der Waals surface area contributed by atoms with Gasteiger partial charge in [-0.05, 0) is 24.2 Å². The number of H-pyrrole nitrogens is 1. The number of ketones is 4. The minimum absolute atomic E-state index is 0. The summed E-state index contributed by atoms with van der Waals surface area (Å²) in [5, 5.41) is 5.25. The van der Waals surface area contributed by atoms with Gasteiger partial charge in [0, 0.05) is 57.1 Å². The molecule has 252 valence electrons. The molecule has 0 radical (unpaired) electrons. The van der Waals surface area contributed by atoms with Gasteiger partial charge in [-0.3, -0.25) is 4.79 Å². The van der Waals surface area contributed by atoms with Crippen LogP contribution in [0.2, 0.25) is 0 Å². The smallest absolute Gasteiger partial charge is 0.683 e. The number of alkyl halides is 1. The number of anilines is 1. The van der Waals surface area contributed by atoms with Crippen LogP contribution in [0.5, 0.6) is 17.2 Å². The second-order valence-electron chi connectivity index (χ2n) is 10.3. The third-order valence-corrected chi connectivity index (χ3v) is 6.86. The summed E-state index contributed by atoms with van der Waals surface area (Å²) in [5.41, 5.74) is 9.31. The summed E-state index contributed by atoms with van der Waals surface area (Å²) in [5.74, 6) is 2.27. The van der Waals surface area contributed by atoms with E-state index in [1.807, 2.05) is 24.3 Å². The molecule has 1 aromatic heterocycles. The van der Waals surface area contributed by atoms with Gasteiger partial charge in [-0.25, -0.2) is 0 Å². The van der Waals surface area contributed by atoms with Gasteiger partial charge in [-0.2, -0.15) is 12.8 Å². The molecular weight excluding hydrogens is 668 g/mol. The van der Waals surface area contributed by atoms with Crippen LogP contribution in [0.1, 0.15) is 49.7 Å². The number of carbonyl (C=O) groups excluding carboxylic acids is 5. The largest absolute Gasteiger partial charge is 4.00 e. The Morgan fingerprint density at radius 2 is 1.53 bits per heavy atom. The number of amides is 1. The van der Waals surface area contributed by atoms with Crippen molar-refractivity contribution in [3.8, 4) is 17.2 Å². The first kappa shape index (κ1) is 40.9. The van der Waals surface area contributed by atoms with Crippen LogP contribution in [0.15, 0.2) is 30.3 Å². The second-order valence-corrected chi connectivity index (χ2v) is 10.6. The molecule has 0 saturated heterocycles. The van der Waals surface area contributed by atoms with Crippen molar-refractivity contribution >= 4 is 62.9 Å². The predicted octanol–water partition coefficient (Wildman–Crippen LogP) is 4.78. The summed E-state index contributed by atoms with van der Waals surface area (Å²) in [6.07, 6.45) is 2.56. The Bertz CT molecular complexity index is 1530. The molecule has 0 bridgehead atoms. The molecule has 47 heavy (non-hydrogen) atoms. The summed E-state index contributed by atoms with van der Waals surface area (Å²) in [6, 6.07) is 9.46. The number of nitrogens with one attached hydrogen (secondary N) is 1. The zero-order chi connectivity index (χ0) is 34.6. The van der Waals surface area contributed by atoms with Gasteiger partial charge in [0.1, 0.15) is 5.69 Å². The number of fused-ring (bicyclic) bond motifs is 2. The van der Waals surface area contributed by atoms with Crippen molar-refractivity contribution in [2.45, 2.75) is 33.6 Å². The van der Waals surface area contributed by atoms with Crippen molar-refractivity contribution in [2.24, 2.45) is 5.73 Å². The number of hydrogen-bond donors (Lipinski definition) is 2. The van der Waals surface area contributed by atoms with E-state index < -0.39 is 0 Å². The molecule has 0 spiro atoms. The van der Waals surface area contributed by atoms with E-state index in [2.05, 4.69) is 10.3 Å². The van der Waals surface area contributed by atoms with Crippen LogP contribution in [0.25, 0.3) is 16.2 Å². The zero-order valence-electron chi connectivity index (χ0n) is 27.6. The minimum atomic E-state index is -0.161. The third kappa shape index (κ3) is 11.3. The molecular formula is C33H44ClCrN4O8+5. The van der Waals surface area contributed by atoms with Crippen LogP contribution in [0.3, 0.4) is 0 Å².